The van der Waals surface area contributed by atoms with Crippen molar-refractivity contribution in [2.75, 3.05) is 17.3 Å². The number of amides is 2. The number of nitrogens with zero attached hydrogens (tertiary/aromatic N) is 2. The summed E-state index contributed by atoms with van der Waals surface area (Å²) in [4.78, 5) is 38.7. The molecule has 0 aliphatic carbocycles. The third-order valence-corrected chi connectivity index (χ3v) is 5.33. The number of carbonyl (C=O) groups excluding carboxylic acids is 2. The van der Waals surface area contributed by atoms with Crippen LogP contribution in [0.2, 0.25) is 0 Å². The van der Waals surface area contributed by atoms with Crippen molar-refractivity contribution in [1.82, 2.24) is 0 Å². The lowest BCUT2D eigenvalue weighted by atomic mass is 10.0. The van der Waals surface area contributed by atoms with Crippen molar-refractivity contribution >= 4 is 34.4 Å². The summed E-state index contributed by atoms with van der Waals surface area (Å²) in [6, 6.07) is 18.1. The first kappa shape index (κ1) is 21.8. The predicted molar refractivity (Wildman–Crippen MR) is 125 cm³/mol. The van der Waals surface area contributed by atoms with E-state index in [2.05, 4.69) is 5.32 Å². The first-order valence-corrected chi connectivity index (χ1v) is 10.2. The maximum Gasteiger partial charge on any atom is 0.282 e. The van der Waals surface area contributed by atoms with Gasteiger partial charge in [0.1, 0.15) is 11.4 Å². The lowest BCUT2D eigenvalue weighted by molar-refractivity contribution is -0.384. The van der Waals surface area contributed by atoms with E-state index in [1.54, 1.807) is 24.3 Å². The monoisotopic (exact) mass is 443 g/mol. The Morgan fingerprint density at radius 3 is 2.24 bits per heavy atom. The lowest BCUT2D eigenvalue weighted by Crippen LogP contribution is -2.32. The fraction of sp³-hybridized carbons (Fsp3) is 0.120. The number of non-ortho nitro benzene ring substituents is 1. The van der Waals surface area contributed by atoms with Crippen LogP contribution in [0.5, 0.6) is 5.75 Å². The third-order valence-electron chi connectivity index (χ3n) is 5.33. The summed E-state index contributed by atoms with van der Waals surface area (Å²) in [7, 11) is 1.52. The van der Waals surface area contributed by atoms with Crippen LogP contribution in [0.1, 0.15) is 16.7 Å². The van der Waals surface area contributed by atoms with Gasteiger partial charge in [-0.1, -0.05) is 18.2 Å². The van der Waals surface area contributed by atoms with E-state index in [-0.39, 0.29) is 17.0 Å². The number of anilines is 2. The molecule has 0 aromatic heterocycles. The Balaban J connectivity index is 1.86. The van der Waals surface area contributed by atoms with E-state index in [0.717, 1.165) is 16.0 Å². The largest absolute Gasteiger partial charge is 0.495 e. The molecule has 3 aromatic carbocycles. The average Bonchev–Trinajstić information content (AvgIpc) is 3.03. The molecular formula is C25H21N3O5. The summed E-state index contributed by atoms with van der Waals surface area (Å²) in [5.41, 5.74) is 3.27. The van der Waals surface area contributed by atoms with E-state index in [4.69, 9.17) is 4.74 Å². The van der Waals surface area contributed by atoms with Crippen LogP contribution in [0.15, 0.2) is 72.4 Å². The first-order chi connectivity index (χ1) is 15.8. The molecule has 1 aliphatic heterocycles. The molecule has 0 saturated heterocycles. The molecule has 166 valence electrons. The van der Waals surface area contributed by atoms with Gasteiger partial charge in [0, 0.05) is 12.1 Å². The van der Waals surface area contributed by atoms with Crippen molar-refractivity contribution in [2.45, 2.75) is 13.8 Å². The molecule has 33 heavy (non-hydrogen) atoms. The number of methoxy groups -OCH3 is 1. The number of nitro benzene ring substituents is 1. The SMILES string of the molecule is COc1ccc(C)cc1NC1=C(c2ccc([N+](=O)[O-])cc2)C(=O)N(c2cccc(C)c2)C1=O. The minimum Gasteiger partial charge on any atom is -0.495 e. The molecule has 0 atom stereocenters. The van der Waals surface area contributed by atoms with E-state index < -0.39 is 16.7 Å². The molecule has 0 bridgehead atoms. The predicted octanol–water partition coefficient (Wildman–Crippen LogP) is 4.62. The van der Waals surface area contributed by atoms with Gasteiger partial charge < -0.3 is 10.1 Å². The van der Waals surface area contributed by atoms with Gasteiger partial charge in [0.05, 0.1) is 29.0 Å². The quantitative estimate of drug-likeness (QED) is 0.339. The average molecular weight is 443 g/mol. The number of aryl methyl sites for hydroxylation is 2. The van der Waals surface area contributed by atoms with Crippen LogP contribution in [0.4, 0.5) is 17.1 Å². The second kappa shape index (κ2) is 8.58. The molecule has 1 heterocycles. The summed E-state index contributed by atoms with van der Waals surface area (Å²) >= 11 is 0. The van der Waals surface area contributed by atoms with Crippen LogP contribution in [-0.2, 0) is 9.59 Å². The molecule has 0 unspecified atom stereocenters. The van der Waals surface area contributed by atoms with Crippen LogP contribution in [-0.4, -0.2) is 23.8 Å². The summed E-state index contributed by atoms with van der Waals surface area (Å²) in [5.74, 6) is -0.540. The van der Waals surface area contributed by atoms with E-state index in [1.807, 2.05) is 32.0 Å². The van der Waals surface area contributed by atoms with Crippen molar-refractivity contribution in [3.63, 3.8) is 0 Å². The highest BCUT2D eigenvalue weighted by atomic mass is 16.6. The van der Waals surface area contributed by atoms with Crippen molar-refractivity contribution in [3.05, 3.63) is 99.2 Å². The van der Waals surface area contributed by atoms with E-state index >= 15 is 0 Å². The molecule has 3 aromatic rings. The van der Waals surface area contributed by atoms with Crippen molar-refractivity contribution in [1.29, 1.82) is 0 Å². The van der Waals surface area contributed by atoms with Crippen LogP contribution in [0.25, 0.3) is 5.57 Å². The number of carbonyl (C=O) groups is 2. The van der Waals surface area contributed by atoms with Crippen LogP contribution >= 0.6 is 0 Å². The number of hydrogen-bond acceptors (Lipinski definition) is 6. The molecule has 8 nitrogen and oxygen atoms in total. The Labute approximate surface area is 190 Å². The third kappa shape index (κ3) is 4.06. The van der Waals surface area contributed by atoms with E-state index in [9.17, 15) is 19.7 Å². The second-order valence-electron chi connectivity index (χ2n) is 7.67. The van der Waals surface area contributed by atoms with Gasteiger partial charge in [-0.15, -0.1) is 0 Å². The van der Waals surface area contributed by atoms with Gasteiger partial charge in [-0.3, -0.25) is 19.7 Å². The standard InChI is InChI=1S/C25H21N3O5/c1-15-5-4-6-19(13-15)27-24(29)22(17-8-10-18(11-9-17)28(31)32)23(25(27)30)26-20-14-16(2)7-12-21(20)33-3/h4-14,26H,1-3H3. The first-order valence-electron chi connectivity index (χ1n) is 10.2. The summed E-state index contributed by atoms with van der Waals surface area (Å²) in [6.07, 6.45) is 0. The Hall–Kier alpha value is -4.46. The van der Waals surface area contributed by atoms with Gasteiger partial charge >= 0.3 is 0 Å². The molecule has 1 aliphatic rings. The zero-order valence-corrected chi connectivity index (χ0v) is 18.3. The summed E-state index contributed by atoms with van der Waals surface area (Å²) in [6.45, 7) is 3.77. The Bertz CT molecular complexity index is 1310. The fourth-order valence-corrected chi connectivity index (χ4v) is 3.72. The molecule has 4 rings (SSSR count). The topological polar surface area (TPSA) is 102 Å². The van der Waals surface area contributed by atoms with Gasteiger partial charge in [0.2, 0.25) is 0 Å². The van der Waals surface area contributed by atoms with Gasteiger partial charge in [0.15, 0.2) is 0 Å². The summed E-state index contributed by atoms with van der Waals surface area (Å²) < 4.78 is 5.41. The lowest BCUT2D eigenvalue weighted by Gasteiger charge is -2.16. The fourth-order valence-electron chi connectivity index (χ4n) is 3.72. The molecule has 0 radical (unpaired) electrons. The van der Waals surface area contributed by atoms with Gasteiger partial charge in [-0.25, -0.2) is 4.90 Å². The number of rotatable bonds is 6. The number of imide groups is 1. The van der Waals surface area contributed by atoms with Gasteiger partial charge in [-0.05, 0) is 66.9 Å². The van der Waals surface area contributed by atoms with Crippen LogP contribution in [0, 0.1) is 24.0 Å². The minimum atomic E-state index is -0.525. The molecule has 1 N–H and O–H groups in total. The Morgan fingerprint density at radius 2 is 1.61 bits per heavy atom. The second-order valence-corrected chi connectivity index (χ2v) is 7.67. The molecule has 2 amide bonds. The molecule has 0 saturated carbocycles. The Kier molecular flexibility index (Phi) is 5.66. The maximum absolute atomic E-state index is 13.5. The van der Waals surface area contributed by atoms with E-state index in [1.165, 1.54) is 31.4 Å². The summed E-state index contributed by atoms with van der Waals surface area (Å²) in [5, 5.41) is 14.2. The normalized spacial score (nSPS) is 13.5. The molecule has 8 heteroatoms. The van der Waals surface area contributed by atoms with Crippen LogP contribution in [0.3, 0.4) is 0 Å². The number of nitrogens with one attached hydrogen (secondary N) is 1. The number of benzene rings is 3. The molecular weight excluding hydrogens is 422 g/mol. The smallest absolute Gasteiger partial charge is 0.282 e. The highest BCUT2D eigenvalue weighted by Crippen LogP contribution is 2.36. The van der Waals surface area contributed by atoms with Crippen molar-refractivity contribution in [3.8, 4) is 5.75 Å². The minimum absolute atomic E-state index is 0.0688. The van der Waals surface area contributed by atoms with Crippen LogP contribution < -0.4 is 15.0 Å². The van der Waals surface area contributed by atoms with Gasteiger partial charge in [-0.2, -0.15) is 0 Å². The Morgan fingerprint density at radius 1 is 0.909 bits per heavy atom. The zero-order chi connectivity index (χ0) is 23.7. The van der Waals surface area contributed by atoms with Crippen molar-refractivity contribution < 1.29 is 19.2 Å². The highest BCUT2D eigenvalue weighted by Gasteiger charge is 2.40. The van der Waals surface area contributed by atoms with E-state index in [0.29, 0.717) is 22.7 Å². The number of nitro groups is 1. The maximum atomic E-state index is 13.5. The number of ether oxygens (including phenoxy) is 1. The van der Waals surface area contributed by atoms with Crippen molar-refractivity contribution in [2.24, 2.45) is 0 Å². The highest BCUT2D eigenvalue weighted by molar-refractivity contribution is 6.46. The molecule has 0 fully saturated rings. The number of hydrogen-bond donors (Lipinski definition) is 1. The van der Waals surface area contributed by atoms with Gasteiger partial charge in [0.25, 0.3) is 17.5 Å². The zero-order valence-electron chi connectivity index (χ0n) is 18.3. The molecule has 0 spiro atoms.